The van der Waals surface area contributed by atoms with Crippen LogP contribution >= 0.6 is 0 Å². The van der Waals surface area contributed by atoms with Crippen LogP contribution in [0.25, 0.3) is 22.2 Å². The fraction of sp³-hybridized carbons (Fsp3) is 0.118. The van der Waals surface area contributed by atoms with Gasteiger partial charge in [0, 0.05) is 23.7 Å². The summed E-state index contributed by atoms with van der Waals surface area (Å²) in [5, 5.41) is 4.35. The van der Waals surface area contributed by atoms with Crippen molar-refractivity contribution in [2.75, 3.05) is 12.4 Å². The molecule has 0 aliphatic carbocycles. The fourth-order valence-corrected chi connectivity index (χ4v) is 2.27. The third-order valence-corrected chi connectivity index (χ3v) is 3.40. The van der Waals surface area contributed by atoms with Crippen molar-refractivity contribution in [1.29, 1.82) is 0 Å². The predicted molar refractivity (Wildman–Crippen MR) is 81.5 cm³/mol. The van der Waals surface area contributed by atoms with E-state index in [1.54, 1.807) is 0 Å². The number of nitrogens with one attached hydrogen (secondary N) is 1. The number of rotatable bonds is 2. The van der Waals surface area contributed by atoms with Gasteiger partial charge in [-0.25, -0.2) is 4.98 Å². The molecule has 0 atom stereocenters. The molecule has 0 saturated carbocycles. The van der Waals surface area contributed by atoms with Crippen LogP contribution in [0.5, 0.6) is 0 Å². The largest absolute Gasteiger partial charge is 0.388 e. The van der Waals surface area contributed by atoms with E-state index in [9.17, 15) is 0 Å². The summed E-state index contributed by atoms with van der Waals surface area (Å²) in [6, 6.07) is 18.8. The molecule has 0 radical (unpaired) electrons. The smallest absolute Gasteiger partial charge is 0.0713 e. The zero-order valence-corrected chi connectivity index (χ0v) is 11.1. The highest BCUT2D eigenvalue weighted by Gasteiger charge is 2.05. The first-order valence-electron chi connectivity index (χ1n) is 6.42. The lowest BCUT2D eigenvalue weighted by molar-refractivity contribution is 1.35. The molecule has 1 N–H and O–H groups in total. The second-order valence-electron chi connectivity index (χ2n) is 4.67. The van der Waals surface area contributed by atoms with Crippen molar-refractivity contribution in [3.05, 3.63) is 60.2 Å². The molecular weight excluding hydrogens is 232 g/mol. The Hall–Kier alpha value is -2.35. The van der Waals surface area contributed by atoms with Gasteiger partial charge in [0.05, 0.1) is 11.2 Å². The highest BCUT2D eigenvalue weighted by Crippen LogP contribution is 2.26. The van der Waals surface area contributed by atoms with Gasteiger partial charge in [-0.3, -0.25) is 0 Å². The van der Waals surface area contributed by atoms with Crippen LogP contribution in [0.3, 0.4) is 0 Å². The van der Waals surface area contributed by atoms with Crippen LogP contribution in [0, 0.1) is 6.92 Å². The molecule has 2 aromatic carbocycles. The number of nitrogens with zero attached hydrogens (tertiary/aromatic N) is 1. The van der Waals surface area contributed by atoms with Crippen molar-refractivity contribution in [2.24, 2.45) is 0 Å². The van der Waals surface area contributed by atoms with Crippen LogP contribution in [0.1, 0.15) is 5.56 Å². The van der Waals surface area contributed by atoms with Crippen LogP contribution < -0.4 is 5.32 Å². The molecule has 94 valence electrons. The Morgan fingerprint density at radius 1 is 0.947 bits per heavy atom. The van der Waals surface area contributed by atoms with Gasteiger partial charge in [0.15, 0.2) is 0 Å². The summed E-state index contributed by atoms with van der Waals surface area (Å²) in [4.78, 5) is 4.75. The molecule has 1 heterocycles. The Bertz CT molecular complexity index is 732. The number of aromatic nitrogens is 1. The van der Waals surface area contributed by atoms with Crippen LogP contribution in [-0.4, -0.2) is 12.0 Å². The third kappa shape index (κ3) is 2.17. The van der Waals surface area contributed by atoms with E-state index in [4.69, 9.17) is 4.98 Å². The van der Waals surface area contributed by atoms with E-state index in [0.717, 1.165) is 16.9 Å². The van der Waals surface area contributed by atoms with Crippen molar-refractivity contribution >= 4 is 16.6 Å². The van der Waals surface area contributed by atoms with Gasteiger partial charge in [-0.1, -0.05) is 30.3 Å². The Balaban J connectivity index is 2.18. The molecule has 0 unspecified atom stereocenters. The van der Waals surface area contributed by atoms with Crippen LogP contribution in [0.4, 0.5) is 5.69 Å². The minimum absolute atomic E-state index is 1.02. The van der Waals surface area contributed by atoms with E-state index < -0.39 is 0 Å². The molecule has 2 heteroatoms. The second-order valence-corrected chi connectivity index (χ2v) is 4.67. The number of pyridine rings is 1. The van der Waals surface area contributed by atoms with Gasteiger partial charge in [0.1, 0.15) is 0 Å². The van der Waals surface area contributed by atoms with Crippen molar-refractivity contribution < 1.29 is 0 Å². The van der Waals surface area contributed by atoms with Crippen molar-refractivity contribution in [3.63, 3.8) is 0 Å². The number of aryl methyl sites for hydroxylation is 1. The van der Waals surface area contributed by atoms with Gasteiger partial charge >= 0.3 is 0 Å². The van der Waals surface area contributed by atoms with Gasteiger partial charge in [0.2, 0.25) is 0 Å². The number of hydrogen-bond acceptors (Lipinski definition) is 2. The van der Waals surface area contributed by atoms with Crippen LogP contribution in [0.15, 0.2) is 54.6 Å². The molecule has 0 spiro atoms. The van der Waals surface area contributed by atoms with Crippen LogP contribution in [0.2, 0.25) is 0 Å². The molecule has 0 aliphatic rings. The average Bonchev–Trinajstić information content (AvgIpc) is 2.47. The Labute approximate surface area is 113 Å². The number of para-hydroxylation sites is 1. The molecular formula is C17H16N2. The minimum Gasteiger partial charge on any atom is -0.388 e. The maximum Gasteiger partial charge on any atom is 0.0713 e. The van der Waals surface area contributed by atoms with E-state index in [2.05, 4.69) is 54.7 Å². The SMILES string of the molecule is CNc1ccc(C)c(-c2ccc3ccccc3n2)c1. The van der Waals surface area contributed by atoms with Crippen molar-refractivity contribution in [2.45, 2.75) is 6.92 Å². The second kappa shape index (κ2) is 4.73. The van der Waals surface area contributed by atoms with E-state index in [1.165, 1.54) is 16.5 Å². The molecule has 0 amide bonds. The van der Waals surface area contributed by atoms with E-state index in [0.29, 0.717) is 0 Å². The Kier molecular flexibility index (Phi) is 2.92. The highest BCUT2D eigenvalue weighted by atomic mass is 14.8. The summed E-state index contributed by atoms with van der Waals surface area (Å²) in [7, 11) is 1.93. The van der Waals surface area contributed by atoms with Crippen LogP contribution in [-0.2, 0) is 0 Å². The minimum atomic E-state index is 1.02. The summed E-state index contributed by atoms with van der Waals surface area (Å²) < 4.78 is 0. The first kappa shape index (κ1) is 11.7. The lowest BCUT2D eigenvalue weighted by Crippen LogP contribution is -1.92. The lowest BCUT2D eigenvalue weighted by Gasteiger charge is -2.09. The monoisotopic (exact) mass is 248 g/mol. The standard InChI is InChI=1S/C17H16N2/c1-12-7-9-14(18-2)11-15(12)17-10-8-13-5-3-4-6-16(13)19-17/h3-11,18H,1-2H3. The molecule has 0 saturated heterocycles. The first-order valence-corrected chi connectivity index (χ1v) is 6.42. The zero-order chi connectivity index (χ0) is 13.2. The fourth-order valence-electron chi connectivity index (χ4n) is 2.27. The number of hydrogen-bond donors (Lipinski definition) is 1. The van der Waals surface area contributed by atoms with E-state index in [1.807, 2.05) is 19.2 Å². The molecule has 0 bridgehead atoms. The maximum absolute atomic E-state index is 4.75. The Morgan fingerprint density at radius 3 is 2.63 bits per heavy atom. The number of fused-ring (bicyclic) bond motifs is 1. The van der Waals surface area contributed by atoms with Crippen molar-refractivity contribution in [1.82, 2.24) is 4.98 Å². The van der Waals surface area contributed by atoms with Gasteiger partial charge in [-0.2, -0.15) is 0 Å². The summed E-state index contributed by atoms with van der Waals surface area (Å²) in [5.41, 5.74) is 5.58. The molecule has 3 aromatic rings. The maximum atomic E-state index is 4.75. The first-order chi connectivity index (χ1) is 9.28. The number of benzene rings is 2. The molecule has 2 nitrogen and oxygen atoms in total. The highest BCUT2D eigenvalue weighted by molar-refractivity contribution is 5.82. The predicted octanol–water partition coefficient (Wildman–Crippen LogP) is 4.25. The van der Waals surface area contributed by atoms with Gasteiger partial charge in [-0.05, 0) is 36.8 Å². The third-order valence-electron chi connectivity index (χ3n) is 3.40. The average molecular weight is 248 g/mol. The zero-order valence-electron chi connectivity index (χ0n) is 11.1. The summed E-state index contributed by atoms with van der Waals surface area (Å²) in [6.45, 7) is 2.12. The van der Waals surface area contributed by atoms with Crippen molar-refractivity contribution in [3.8, 4) is 11.3 Å². The normalized spacial score (nSPS) is 10.6. The summed E-state index contributed by atoms with van der Waals surface area (Å²) >= 11 is 0. The topological polar surface area (TPSA) is 24.9 Å². The summed E-state index contributed by atoms with van der Waals surface area (Å²) in [5.74, 6) is 0. The molecule has 1 aromatic heterocycles. The molecule has 3 rings (SSSR count). The van der Waals surface area contributed by atoms with E-state index >= 15 is 0 Å². The molecule has 0 aliphatic heterocycles. The molecule has 19 heavy (non-hydrogen) atoms. The summed E-state index contributed by atoms with van der Waals surface area (Å²) in [6.07, 6.45) is 0. The Morgan fingerprint density at radius 2 is 1.79 bits per heavy atom. The van der Waals surface area contributed by atoms with Gasteiger partial charge < -0.3 is 5.32 Å². The molecule has 0 fully saturated rings. The van der Waals surface area contributed by atoms with Gasteiger partial charge in [-0.15, -0.1) is 0 Å². The number of anilines is 1. The quantitative estimate of drug-likeness (QED) is 0.733. The lowest BCUT2D eigenvalue weighted by atomic mass is 10.0. The van der Waals surface area contributed by atoms with Gasteiger partial charge in [0.25, 0.3) is 0 Å². The van der Waals surface area contributed by atoms with E-state index in [-0.39, 0.29) is 0 Å².